The molecule has 1 saturated heterocycles. The van der Waals surface area contributed by atoms with E-state index in [1.54, 1.807) is 0 Å². The molecule has 9 unspecified atom stereocenters. The number of ether oxygens (including phenoxy) is 2. The van der Waals surface area contributed by atoms with E-state index in [1.807, 2.05) is 0 Å². The summed E-state index contributed by atoms with van der Waals surface area (Å²) in [4.78, 5) is 13.3. The van der Waals surface area contributed by atoms with Crippen LogP contribution in [0.3, 0.4) is 0 Å². The van der Waals surface area contributed by atoms with Crippen LogP contribution in [0, 0.1) is 0 Å². The Kier molecular flexibility index (Phi) is 63.1. The lowest BCUT2D eigenvalue weighted by atomic mass is 9.98. The Morgan fingerprint density at radius 3 is 1.01 bits per heavy atom. The van der Waals surface area contributed by atoms with Crippen molar-refractivity contribution in [2.75, 3.05) is 13.2 Å². The van der Waals surface area contributed by atoms with E-state index in [-0.39, 0.29) is 6.42 Å². The number of allylic oxidation sites excluding steroid dienone is 4. The van der Waals surface area contributed by atoms with E-state index >= 15 is 0 Å². The van der Waals surface area contributed by atoms with Gasteiger partial charge in [-0.3, -0.25) is 4.79 Å². The van der Waals surface area contributed by atoms with Crippen LogP contribution in [0.25, 0.3) is 0 Å². The first kappa shape index (κ1) is 84.6. The van der Waals surface area contributed by atoms with Crippen LogP contribution in [0.1, 0.15) is 393 Å². The van der Waals surface area contributed by atoms with Crippen LogP contribution in [0.4, 0.5) is 0 Å². The van der Waals surface area contributed by atoms with Gasteiger partial charge in [-0.25, -0.2) is 0 Å². The first-order valence-electron chi connectivity index (χ1n) is 38.7. The molecule has 0 aromatic rings. The van der Waals surface area contributed by atoms with E-state index in [1.165, 1.54) is 308 Å². The third-order valence-electron chi connectivity index (χ3n) is 19.0. The van der Waals surface area contributed by atoms with Gasteiger partial charge in [0.05, 0.1) is 25.4 Å². The molecule has 1 heterocycles. The monoisotopic (exact) mass is 1250 g/mol. The number of nitrogens with one attached hydrogen (secondary N) is 1. The molecule has 1 rings (SSSR count). The summed E-state index contributed by atoms with van der Waals surface area (Å²) in [6, 6.07) is -1.17. The van der Waals surface area contributed by atoms with E-state index in [2.05, 4.69) is 43.5 Å². The lowest BCUT2D eigenvalue weighted by Gasteiger charge is -2.40. The van der Waals surface area contributed by atoms with Crippen molar-refractivity contribution < 1.29 is 50.0 Å². The number of aliphatic hydroxyl groups is 7. The fraction of sp³-hybridized carbons (Fsp3) is 0.935. The second-order valence-electron chi connectivity index (χ2n) is 27.4. The molecule has 9 atom stereocenters. The minimum atomic E-state index is -1.66. The third kappa shape index (κ3) is 52.0. The average Bonchev–Trinajstić information content (AvgIpc) is 3.61. The molecule has 0 aliphatic carbocycles. The Bertz CT molecular complexity index is 1480. The molecular weight excluding hydrogens is 1100 g/mol. The highest BCUT2D eigenvalue weighted by Gasteiger charge is 2.44. The standard InChI is InChI=1S/C77H149NO10/c1-3-5-7-9-11-13-15-17-19-21-23-25-27-29-31-32-33-34-35-36-37-39-41-43-45-47-49-51-53-55-57-59-61-63-65-70(81)76(86)78-68(67-87-77-75(85)74(84)73(83)71(66-79)88-77)72(82)69(80)64-62-60-58-56-54-52-50-48-46-44-42-40-38-30-28-26-24-22-20-18-16-14-12-10-8-6-4-2/h27,29,32-33,68-75,77,79-85H,3-26,28,30-31,34-67H2,1-2H3,(H,78,86)/b29-27-,33-32-. The Balaban J connectivity index is 2.14. The van der Waals surface area contributed by atoms with Gasteiger partial charge in [-0.05, 0) is 44.9 Å². The molecular formula is C77H149NO10. The minimum Gasteiger partial charge on any atom is -0.394 e. The van der Waals surface area contributed by atoms with Gasteiger partial charge in [-0.2, -0.15) is 0 Å². The number of carbonyl (C=O) groups is 1. The van der Waals surface area contributed by atoms with Crippen LogP contribution in [0.15, 0.2) is 24.3 Å². The number of rotatable bonds is 69. The Morgan fingerprint density at radius 2 is 0.693 bits per heavy atom. The van der Waals surface area contributed by atoms with Crippen molar-refractivity contribution in [1.29, 1.82) is 0 Å². The van der Waals surface area contributed by atoms with Crippen molar-refractivity contribution in [1.82, 2.24) is 5.32 Å². The summed E-state index contributed by atoms with van der Waals surface area (Å²) in [5.74, 6) is -0.689. The van der Waals surface area contributed by atoms with E-state index in [4.69, 9.17) is 9.47 Å². The maximum absolute atomic E-state index is 13.3. The highest BCUT2D eigenvalue weighted by Crippen LogP contribution is 2.24. The second kappa shape index (κ2) is 65.6. The summed E-state index contributed by atoms with van der Waals surface area (Å²) in [6.07, 6.45) is 72.8. The van der Waals surface area contributed by atoms with E-state index in [0.29, 0.717) is 19.3 Å². The number of amides is 1. The first-order chi connectivity index (χ1) is 43.2. The van der Waals surface area contributed by atoms with E-state index in [0.717, 1.165) is 44.9 Å². The maximum atomic E-state index is 13.3. The van der Waals surface area contributed by atoms with E-state index < -0.39 is 74.2 Å². The number of carbonyl (C=O) groups excluding carboxylic acids is 1. The number of aliphatic hydroxyl groups excluding tert-OH is 7. The molecule has 0 bridgehead atoms. The summed E-state index contributed by atoms with van der Waals surface area (Å²) < 4.78 is 11.2. The van der Waals surface area contributed by atoms with Crippen LogP contribution in [-0.4, -0.2) is 110 Å². The summed E-state index contributed by atoms with van der Waals surface area (Å²) in [5, 5.41) is 76.7. The van der Waals surface area contributed by atoms with Crippen molar-refractivity contribution in [2.24, 2.45) is 0 Å². The Labute approximate surface area is 544 Å². The fourth-order valence-electron chi connectivity index (χ4n) is 12.8. The predicted octanol–water partition coefficient (Wildman–Crippen LogP) is 19.5. The molecule has 1 aliphatic heterocycles. The van der Waals surface area contributed by atoms with Crippen LogP contribution in [-0.2, 0) is 14.3 Å². The summed E-state index contributed by atoms with van der Waals surface area (Å²) in [7, 11) is 0. The maximum Gasteiger partial charge on any atom is 0.249 e. The summed E-state index contributed by atoms with van der Waals surface area (Å²) >= 11 is 0. The molecule has 0 saturated carbocycles. The SMILES string of the molecule is CCCCCCCCCCCCC/C=C\C/C=C\CCCCCCCCCCCCCCCCCCC(O)C(=O)NC(COC1OC(CO)C(O)C(O)C1O)C(O)C(O)CCCCCCCCCCCCCCCCCCCCCCCCCCCCC. The molecule has 0 aromatic heterocycles. The molecule has 1 amide bonds. The van der Waals surface area contributed by atoms with Crippen LogP contribution < -0.4 is 5.32 Å². The van der Waals surface area contributed by atoms with Gasteiger partial charge < -0.3 is 50.5 Å². The predicted molar refractivity (Wildman–Crippen MR) is 372 cm³/mol. The minimum absolute atomic E-state index is 0.263. The van der Waals surface area contributed by atoms with Crippen LogP contribution in [0.2, 0.25) is 0 Å². The van der Waals surface area contributed by atoms with E-state index in [9.17, 15) is 40.5 Å². The molecule has 11 heteroatoms. The highest BCUT2D eigenvalue weighted by atomic mass is 16.7. The highest BCUT2D eigenvalue weighted by molar-refractivity contribution is 5.80. The molecule has 88 heavy (non-hydrogen) atoms. The average molecular weight is 1250 g/mol. The van der Waals surface area contributed by atoms with Crippen molar-refractivity contribution in [3.05, 3.63) is 24.3 Å². The smallest absolute Gasteiger partial charge is 0.249 e. The lowest BCUT2D eigenvalue weighted by Crippen LogP contribution is -2.60. The topological polar surface area (TPSA) is 189 Å². The van der Waals surface area contributed by atoms with Gasteiger partial charge in [-0.1, -0.05) is 372 Å². The molecule has 0 spiro atoms. The zero-order valence-corrected chi connectivity index (χ0v) is 58.0. The number of hydrogen-bond donors (Lipinski definition) is 8. The van der Waals surface area contributed by atoms with Gasteiger partial charge in [-0.15, -0.1) is 0 Å². The van der Waals surface area contributed by atoms with Crippen LogP contribution >= 0.6 is 0 Å². The molecule has 0 radical (unpaired) electrons. The molecule has 11 nitrogen and oxygen atoms in total. The molecule has 8 N–H and O–H groups in total. The quantitative estimate of drug-likeness (QED) is 0.0215. The second-order valence-corrected chi connectivity index (χ2v) is 27.4. The molecule has 0 aromatic carbocycles. The molecule has 1 fully saturated rings. The van der Waals surface area contributed by atoms with Crippen molar-refractivity contribution in [3.8, 4) is 0 Å². The van der Waals surface area contributed by atoms with Gasteiger partial charge in [0.15, 0.2) is 6.29 Å². The molecule has 1 aliphatic rings. The lowest BCUT2D eigenvalue weighted by molar-refractivity contribution is -0.303. The largest absolute Gasteiger partial charge is 0.394 e. The number of unbranched alkanes of at least 4 members (excludes halogenated alkanes) is 53. The van der Waals surface area contributed by atoms with Crippen molar-refractivity contribution in [3.63, 3.8) is 0 Å². The fourth-order valence-corrected chi connectivity index (χ4v) is 12.8. The van der Waals surface area contributed by atoms with Crippen LogP contribution in [0.5, 0.6) is 0 Å². The summed E-state index contributed by atoms with van der Waals surface area (Å²) in [5.41, 5.74) is 0. The first-order valence-corrected chi connectivity index (χ1v) is 38.7. The Hall–Kier alpha value is -1.41. The Morgan fingerprint density at radius 1 is 0.398 bits per heavy atom. The van der Waals surface area contributed by atoms with Gasteiger partial charge in [0.1, 0.15) is 36.6 Å². The van der Waals surface area contributed by atoms with Crippen molar-refractivity contribution in [2.45, 2.75) is 448 Å². The van der Waals surface area contributed by atoms with Gasteiger partial charge in [0.25, 0.3) is 0 Å². The zero-order valence-electron chi connectivity index (χ0n) is 58.0. The normalized spacial score (nSPS) is 18.7. The summed E-state index contributed by atoms with van der Waals surface area (Å²) in [6.45, 7) is 3.53. The zero-order chi connectivity index (χ0) is 63.9. The number of hydrogen-bond acceptors (Lipinski definition) is 10. The van der Waals surface area contributed by atoms with Gasteiger partial charge in [0, 0.05) is 0 Å². The molecule has 522 valence electrons. The van der Waals surface area contributed by atoms with Crippen molar-refractivity contribution >= 4 is 5.91 Å². The third-order valence-corrected chi connectivity index (χ3v) is 19.0. The van der Waals surface area contributed by atoms with Gasteiger partial charge in [0.2, 0.25) is 5.91 Å². The van der Waals surface area contributed by atoms with Gasteiger partial charge >= 0.3 is 0 Å².